The van der Waals surface area contributed by atoms with E-state index in [1.807, 2.05) is 6.92 Å². The minimum absolute atomic E-state index is 0.0183. The minimum atomic E-state index is -3.96. The summed E-state index contributed by atoms with van der Waals surface area (Å²) in [6.07, 6.45) is 1.91. The minimum Gasteiger partial charge on any atom is -0.354 e. The summed E-state index contributed by atoms with van der Waals surface area (Å²) >= 11 is 18.0. The van der Waals surface area contributed by atoms with Crippen molar-refractivity contribution in [2.75, 3.05) is 23.7 Å². The summed E-state index contributed by atoms with van der Waals surface area (Å²) in [6, 6.07) is 7.30. The SMILES string of the molecule is CCCNC(=O)[C@@H](CC)N(Cc1ccc(Cl)c(Cl)c1)C(=O)CN(c1ccc(F)c(Cl)c1)S(C)(=O)=O. The summed E-state index contributed by atoms with van der Waals surface area (Å²) < 4.78 is 39.6. The first-order valence-electron chi connectivity index (χ1n) is 10.8. The van der Waals surface area contributed by atoms with Gasteiger partial charge in [-0.05, 0) is 48.7 Å². The third-order valence-corrected chi connectivity index (χ3v) is 7.31. The Balaban J connectivity index is 2.46. The highest BCUT2D eigenvalue weighted by atomic mass is 35.5. The fourth-order valence-electron chi connectivity index (χ4n) is 3.37. The highest BCUT2D eigenvalue weighted by Gasteiger charge is 2.31. The van der Waals surface area contributed by atoms with Crippen LogP contribution in [0.4, 0.5) is 10.1 Å². The molecule has 0 radical (unpaired) electrons. The van der Waals surface area contributed by atoms with Gasteiger partial charge in [-0.15, -0.1) is 0 Å². The van der Waals surface area contributed by atoms with E-state index in [0.29, 0.717) is 23.6 Å². The van der Waals surface area contributed by atoms with Crippen molar-refractivity contribution in [2.45, 2.75) is 39.3 Å². The van der Waals surface area contributed by atoms with Crippen LogP contribution in [0.1, 0.15) is 32.3 Å². The molecule has 0 fully saturated rings. The zero-order valence-electron chi connectivity index (χ0n) is 19.5. The highest BCUT2D eigenvalue weighted by Crippen LogP contribution is 2.26. The second-order valence-electron chi connectivity index (χ2n) is 7.85. The number of benzene rings is 2. The van der Waals surface area contributed by atoms with Crippen LogP contribution in [0.15, 0.2) is 36.4 Å². The number of sulfonamides is 1. The van der Waals surface area contributed by atoms with Gasteiger partial charge < -0.3 is 10.2 Å². The van der Waals surface area contributed by atoms with Gasteiger partial charge in [0.15, 0.2) is 0 Å². The Morgan fingerprint density at radius 3 is 2.26 bits per heavy atom. The van der Waals surface area contributed by atoms with Gasteiger partial charge in [-0.25, -0.2) is 12.8 Å². The maximum absolute atomic E-state index is 13.7. The first-order chi connectivity index (χ1) is 16.4. The molecule has 192 valence electrons. The number of carbonyl (C=O) groups excluding carboxylic acids is 2. The summed E-state index contributed by atoms with van der Waals surface area (Å²) in [5, 5.41) is 3.10. The Bertz CT molecular complexity index is 1180. The molecule has 0 aromatic heterocycles. The van der Waals surface area contributed by atoms with Gasteiger partial charge in [-0.1, -0.05) is 54.7 Å². The lowest BCUT2D eigenvalue weighted by molar-refractivity contribution is -0.140. The highest BCUT2D eigenvalue weighted by molar-refractivity contribution is 7.92. The number of anilines is 1. The Hall–Kier alpha value is -2.07. The van der Waals surface area contributed by atoms with Crippen LogP contribution in [0.3, 0.4) is 0 Å². The average molecular weight is 567 g/mol. The van der Waals surface area contributed by atoms with Gasteiger partial charge in [-0.3, -0.25) is 13.9 Å². The number of nitrogens with one attached hydrogen (secondary N) is 1. The topological polar surface area (TPSA) is 86.8 Å². The molecule has 2 aromatic rings. The van der Waals surface area contributed by atoms with E-state index < -0.39 is 34.3 Å². The molecule has 12 heteroatoms. The number of hydrogen-bond acceptors (Lipinski definition) is 4. The molecule has 1 N–H and O–H groups in total. The fourth-order valence-corrected chi connectivity index (χ4v) is 4.71. The first-order valence-corrected chi connectivity index (χ1v) is 13.8. The van der Waals surface area contributed by atoms with Crippen molar-refractivity contribution in [1.29, 1.82) is 0 Å². The summed E-state index contributed by atoms with van der Waals surface area (Å²) in [5.74, 6) is -1.73. The van der Waals surface area contributed by atoms with Gasteiger partial charge in [-0.2, -0.15) is 0 Å². The van der Waals surface area contributed by atoms with Crippen molar-refractivity contribution in [3.05, 3.63) is 62.8 Å². The van der Waals surface area contributed by atoms with Crippen molar-refractivity contribution in [3.8, 4) is 0 Å². The molecule has 0 aliphatic heterocycles. The van der Waals surface area contributed by atoms with Gasteiger partial charge in [0.2, 0.25) is 21.8 Å². The smallest absolute Gasteiger partial charge is 0.244 e. The van der Waals surface area contributed by atoms with Crippen LogP contribution >= 0.6 is 34.8 Å². The summed E-state index contributed by atoms with van der Waals surface area (Å²) in [4.78, 5) is 27.7. The Labute approximate surface area is 220 Å². The summed E-state index contributed by atoms with van der Waals surface area (Å²) in [6.45, 7) is 3.43. The Kier molecular flexibility index (Phi) is 10.6. The predicted octanol–water partition coefficient (Wildman–Crippen LogP) is 4.89. The van der Waals surface area contributed by atoms with Crippen molar-refractivity contribution in [1.82, 2.24) is 10.2 Å². The lowest BCUT2D eigenvalue weighted by Crippen LogP contribution is -2.52. The molecule has 0 aliphatic rings. The standard InChI is InChI=1S/C23H27Cl3FN3O4S/c1-4-10-28-23(32)21(5-2)29(13-15-6-8-17(24)18(25)11-15)22(31)14-30(35(3,33)34)16-7-9-20(27)19(26)12-16/h6-9,11-12,21H,4-5,10,13-14H2,1-3H3,(H,28,32)/t21-/m1/s1. The summed E-state index contributed by atoms with van der Waals surface area (Å²) in [7, 11) is -3.96. The molecule has 7 nitrogen and oxygen atoms in total. The maximum Gasteiger partial charge on any atom is 0.244 e. The zero-order chi connectivity index (χ0) is 26.3. The average Bonchev–Trinajstić information content (AvgIpc) is 2.79. The van der Waals surface area contributed by atoms with E-state index in [1.165, 1.54) is 11.0 Å². The monoisotopic (exact) mass is 565 g/mol. The quantitative estimate of drug-likeness (QED) is 0.420. The molecule has 2 amide bonds. The van der Waals surface area contributed by atoms with Gasteiger partial charge in [0.05, 0.1) is 27.0 Å². The third kappa shape index (κ3) is 7.96. The van der Waals surface area contributed by atoms with Crippen molar-refractivity contribution >= 4 is 62.3 Å². The molecule has 0 bridgehead atoms. The number of hydrogen-bond donors (Lipinski definition) is 1. The van der Waals surface area contributed by atoms with Gasteiger partial charge >= 0.3 is 0 Å². The van der Waals surface area contributed by atoms with E-state index in [-0.39, 0.29) is 34.6 Å². The molecule has 2 rings (SSSR count). The van der Waals surface area contributed by atoms with Crippen LogP contribution in [0.25, 0.3) is 0 Å². The molecule has 0 saturated carbocycles. The van der Waals surface area contributed by atoms with Crippen molar-refractivity contribution in [2.24, 2.45) is 0 Å². The molecule has 0 spiro atoms. The molecule has 1 atom stereocenters. The van der Waals surface area contributed by atoms with E-state index in [4.69, 9.17) is 34.8 Å². The molecule has 0 saturated heterocycles. The van der Waals surface area contributed by atoms with Crippen molar-refractivity contribution in [3.63, 3.8) is 0 Å². The van der Waals surface area contributed by atoms with Crippen LogP contribution in [-0.2, 0) is 26.2 Å². The van der Waals surface area contributed by atoms with E-state index in [2.05, 4.69) is 5.32 Å². The summed E-state index contributed by atoms with van der Waals surface area (Å²) in [5.41, 5.74) is 0.621. The van der Waals surface area contributed by atoms with Gasteiger partial charge in [0.1, 0.15) is 18.4 Å². The Morgan fingerprint density at radius 2 is 1.71 bits per heavy atom. The van der Waals surface area contributed by atoms with E-state index >= 15 is 0 Å². The maximum atomic E-state index is 13.7. The molecular weight excluding hydrogens is 540 g/mol. The fraction of sp³-hybridized carbons (Fsp3) is 0.391. The molecule has 0 heterocycles. The third-order valence-electron chi connectivity index (χ3n) is 5.14. The number of nitrogens with zero attached hydrogens (tertiary/aromatic N) is 2. The van der Waals surface area contributed by atoms with E-state index in [9.17, 15) is 22.4 Å². The van der Waals surface area contributed by atoms with Crippen LogP contribution < -0.4 is 9.62 Å². The van der Waals surface area contributed by atoms with Crippen LogP contribution in [0.2, 0.25) is 15.1 Å². The van der Waals surface area contributed by atoms with Gasteiger partial charge in [0.25, 0.3) is 0 Å². The number of carbonyl (C=O) groups is 2. The van der Waals surface area contributed by atoms with E-state index in [0.717, 1.165) is 22.7 Å². The number of halogens is 4. The second kappa shape index (κ2) is 12.8. The molecule has 2 aromatic carbocycles. The number of rotatable bonds is 11. The largest absolute Gasteiger partial charge is 0.354 e. The lowest BCUT2D eigenvalue weighted by atomic mass is 10.1. The normalized spacial score (nSPS) is 12.2. The molecule has 0 unspecified atom stereocenters. The lowest BCUT2D eigenvalue weighted by Gasteiger charge is -2.33. The van der Waals surface area contributed by atoms with Crippen LogP contribution in [0, 0.1) is 5.82 Å². The molecular formula is C23H27Cl3FN3O4S. The second-order valence-corrected chi connectivity index (χ2v) is 11.0. The number of amides is 2. The molecule has 35 heavy (non-hydrogen) atoms. The molecule has 0 aliphatic carbocycles. The van der Waals surface area contributed by atoms with Crippen LogP contribution in [-0.4, -0.2) is 50.5 Å². The van der Waals surface area contributed by atoms with Gasteiger partial charge in [0, 0.05) is 13.1 Å². The van der Waals surface area contributed by atoms with E-state index in [1.54, 1.807) is 25.1 Å². The Morgan fingerprint density at radius 1 is 1.03 bits per heavy atom. The van der Waals surface area contributed by atoms with Crippen LogP contribution in [0.5, 0.6) is 0 Å². The zero-order valence-corrected chi connectivity index (χ0v) is 22.6. The first kappa shape index (κ1) is 29.2. The predicted molar refractivity (Wildman–Crippen MR) is 138 cm³/mol. The van der Waals surface area contributed by atoms with Crippen molar-refractivity contribution < 1.29 is 22.4 Å².